The van der Waals surface area contributed by atoms with Crippen molar-refractivity contribution in [1.82, 2.24) is 0 Å². The molecular weight excluding hydrogens is 1360 g/mol. The zero-order valence-electron chi connectivity index (χ0n) is 58.3. The van der Waals surface area contributed by atoms with Crippen LogP contribution < -0.4 is 0 Å². The van der Waals surface area contributed by atoms with E-state index in [9.17, 15) is 0 Å². The van der Waals surface area contributed by atoms with Crippen LogP contribution in [0.4, 0.5) is 0 Å². The van der Waals surface area contributed by atoms with Crippen LogP contribution >= 0.6 is 0 Å². The normalized spacial score (nSPS) is 16.0. The van der Waals surface area contributed by atoms with Crippen LogP contribution in [0.5, 0.6) is 0 Å². The van der Waals surface area contributed by atoms with Crippen molar-refractivity contribution in [2.75, 3.05) is 0 Å². The van der Waals surface area contributed by atoms with Gasteiger partial charge in [0.15, 0.2) is 9.04 Å². The first-order valence-electron chi connectivity index (χ1n) is 28.3. The van der Waals surface area contributed by atoms with E-state index in [4.69, 9.17) is 83.2 Å². The average molecular weight is 1490 g/mol. The van der Waals surface area contributed by atoms with Crippen LogP contribution in [0.2, 0.25) is 262 Å². The van der Waals surface area contributed by atoms with Crippen molar-refractivity contribution in [3.05, 3.63) is 0 Å². The van der Waals surface area contributed by atoms with E-state index in [2.05, 4.69) is 210 Å². The van der Waals surface area contributed by atoms with Crippen LogP contribution in [0.1, 0.15) is 0 Å². The fourth-order valence-electron chi connectivity index (χ4n) is 11.2. The third-order valence-corrected chi connectivity index (χ3v) is 81.5. The van der Waals surface area contributed by atoms with E-state index in [0.717, 1.165) is 0 Å². The Hall–Kier alpha value is 3.54. The second kappa shape index (κ2) is 29.0. The summed E-state index contributed by atoms with van der Waals surface area (Å²) in [6.45, 7) is 82.3. The minimum Gasteiger partial charge on any atom is -0.440 e. The van der Waals surface area contributed by atoms with Crippen molar-refractivity contribution >= 4 is 172 Å². The highest BCUT2D eigenvalue weighted by molar-refractivity contribution is 6.95. The van der Waals surface area contributed by atoms with Gasteiger partial charge in [0, 0.05) is 0 Å². The predicted octanol–water partition coefficient (Wildman–Crippen LogP) is 13.8. The van der Waals surface area contributed by atoms with Crippen molar-refractivity contribution < 1.29 is 83.2 Å². The van der Waals surface area contributed by atoms with E-state index < -0.39 is 172 Å². The van der Waals surface area contributed by atoms with Crippen LogP contribution in [-0.2, 0) is 83.2 Å². The molecule has 0 radical (unpaired) electrons. The summed E-state index contributed by atoms with van der Waals surface area (Å²) in [5, 5.41) is 0. The maximum absolute atomic E-state index is 6.94. The van der Waals surface area contributed by atoms with Gasteiger partial charge in [-0.2, -0.15) is 0 Å². The molecule has 0 rings (SSSR count). The SMILES string of the molecule is C[SiH](C)OO[Si](C)(C)O[Si](C)(C)O[Si](C)(C)O[Si](C)(C)O[Si](C)(C)O[Si](C)(C)O[Si](C)(C)O[Si](C)(C)O[Si](C)(C)O[Si](C)(C)O[Si](C)(C)O[Si](C)(C)O[Si](C)(C)O[Si](C)(C)O[Si](C)(C)O[Si](C)(C)O[Si](C)(C)O[Si](C)(C)O[SiH](C)C. The topological polar surface area (TPSA) is 185 Å². The third-order valence-electron chi connectivity index (χ3n) is 9.32. The summed E-state index contributed by atoms with van der Waals surface area (Å²) in [7, 11) is -52.1. The molecule has 0 unspecified atom stereocenters. The molecule has 0 aromatic carbocycles. The van der Waals surface area contributed by atoms with Gasteiger partial charge in [-0.3, -0.25) is 9.15 Å². The molecule has 0 aliphatic heterocycles. The maximum atomic E-state index is 6.94. The zero-order valence-corrected chi connectivity index (χ0v) is 78.6. The highest BCUT2D eigenvalue weighted by Crippen LogP contribution is 2.34. The van der Waals surface area contributed by atoms with Gasteiger partial charge in [-0.15, -0.1) is 0 Å². The average Bonchev–Trinajstić information content (AvgIpc) is 2.95. The molecule has 0 aliphatic rings. The van der Waals surface area contributed by atoms with Crippen LogP contribution in [0.3, 0.4) is 0 Å². The lowest BCUT2D eigenvalue weighted by Crippen LogP contribution is -2.63. The summed E-state index contributed by atoms with van der Waals surface area (Å²) in [4.78, 5) is 0. The van der Waals surface area contributed by atoms with E-state index in [-0.39, 0.29) is 0 Å². The smallest absolute Gasteiger partial charge is 0.358 e. The molecule has 0 saturated carbocycles. The van der Waals surface area contributed by atoms with E-state index in [0.29, 0.717) is 0 Å². The first kappa shape index (κ1) is 83.5. The minimum atomic E-state index is -2.86. The molecule has 0 aromatic heterocycles. The van der Waals surface area contributed by atoms with Crippen LogP contribution in [0.25, 0.3) is 0 Å². The van der Waals surface area contributed by atoms with Crippen molar-refractivity contribution in [2.24, 2.45) is 0 Å². The molecule has 0 spiro atoms. The van der Waals surface area contributed by atoms with Gasteiger partial charge in [-0.1, -0.05) is 0 Å². The number of rotatable bonds is 39. The molecule has 482 valence electrons. The summed E-state index contributed by atoms with van der Waals surface area (Å²) < 4.78 is 134. The third kappa shape index (κ3) is 38.9. The Bertz CT molecular complexity index is 1940. The molecule has 40 heteroatoms. The Labute approximate surface area is 513 Å². The second-order valence-corrected chi connectivity index (χ2v) is 99.1. The largest absolute Gasteiger partial charge is 0.440 e. The Morgan fingerprint density at radius 2 is 0.263 bits per heavy atom. The van der Waals surface area contributed by atoms with Gasteiger partial charge in [0.05, 0.1) is 0 Å². The molecule has 0 bridgehead atoms. The molecular formula is C40H122O20Si20. The second-order valence-electron chi connectivity index (χ2n) is 29.3. The van der Waals surface area contributed by atoms with Crippen LogP contribution in [0.15, 0.2) is 0 Å². The zero-order chi connectivity index (χ0) is 64.3. The maximum Gasteiger partial charge on any atom is 0.358 e. The lowest BCUT2D eigenvalue weighted by Gasteiger charge is -2.45. The lowest BCUT2D eigenvalue weighted by molar-refractivity contribution is -0.132. The van der Waals surface area contributed by atoms with Crippen LogP contribution in [0, 0.1) is 0 Å². The quantitative estimate of drug-likeness (QED) is 0.0321. The first-order chi connectivity index (χ1) is 34.4. The molecule has 20 nitrogen and oxygen atoms in total. The molecule has 0 N–H and O–H groups in total. The van der Waals surface area contributed by atoms with E-state index >= 15 is 0 Å². The van der Waals surface area contributed by atoms with Gasteiger partial charge >= 0.3 is 154 Å². The van der Waals surface area contributed by atoms with E-state index in [1.54, 1.807) is 0 Å². The fourth-order valence-corrected chi connectivity index (χ4v) is 107. The van der Waals surface area contributed by atoms with Gasteiger partial charge in [0.2, 0.25) is 9.04 Å². The lowest BCUT2D eigenvalue weighted by atomic mass is 11.9. The minimum absolute atomic E-state index is 1.27. The summed E-state index contributed by atoms with van der Waals surface area (Å²) >= 11 is 0. The van der Waals surface area contributed by atoms with E-state index in [1.165, 1.54) is 0 Å². The number of hydrogen-bond donors (Lipinski definition) is 0. The van der Waals surface area contributed by atoms with Crippen molar-refractivity contribution in [3.8, 4) is 0 Å². The van der Waals surface area contributed by atoms with Crippen molar-refractivity contribution in [3.63, 3.8) is 0 Å². The Morgan fingerprint density at radius 3 is 0.375 bits per heavy atom. The molecule has 0 fully saturated rings. The van der Waals surface area contributed by atoms with E-state index in [1.807, 2.05) is 52.4 Å². The molecule has 0 aromatic rings. The number of hydrogen-bond acceptors (Lipinski definition) is 20. The summed E-state index contributed by atoms with van der Waals surface area (Å²) in [5.74, 6) is 0. The molecule has 0 atom stereocenters. The van der Waals surface area contributed by atoms with Gasteiger partial charge < -0.3 is 74.1 Å². The fraction of sp³-hybridized carbons (Fsp3) is 1.00. The van der Waals surface area contributed by atoms with Gasteiger partial charge in [-0.05, 0) is 262 Å². The van der Waals surface area contributed by atoms with Gasteiger partial charge in [-0.25, -0.2) is 0 Å². The summed E-state index contributed by atoms with van der Waals surface area (Å²) in [6.07, 6.45) is 0. The van der Waals surface area contributed by atoms with Gasteiger partial charge in [0.1, 0.15) is 0 Å². The molecule has 0 amide bonds. The highest BCUT2D eigenvalue weighted by atomic mass is 28.6. The summed E-state index contributed by atoms with van der Waals surface area (Å²) in [5.41, 5.74) is 0. The highest BCUT2D eigenvalue weighted by Gasteiger charge is 2.54. The molecule has 0 saturated heterocycles. The monoisotopic (exact) mass is 1480 g/mol. The van der Waals surface area contributed by atoms with Crippen molar-refractivity contribution in [1.29, 1.82) is 0 Å². The molecule has 0 aliphatic carbocycles. The Balaban J connectivity index is 5.79. The first-order valence-corrected chi connectivity index (χ1v) is 84.6. The van der Waals surface area contributed by atoms with Gasteiger partial charge in [0.25, 0.3) is 0 Å². The standard InChI is InChI=1S/C40H122O20Si20/c1-61(2)41-42-63(5,6)44-65(9,10)46-67(13,14)48-69(17,18)50-71(21,22)52-73(25,26)54-75(29,30)56-77(33,34)58-79(37,38)60-80(39,40)59-78(35,36)57-76(31,32)55-74(27,28)53-72(23,24)51-70(19,20)49-68(15,16)47-66(11,12)45-64(7,8)43-62(3)4/h61-62H,1-40H3. The van der Waals surface area contributed by atoms with Crippen molar-refractivity contribution in [2.45, 2.75) is 262 Å². The molecule has 0 heterocycles. The van der Waals surface area contributed by atoms with Crippen LogP contribution in [-0.4, -0.2) is 172 Å². The predicted molar refractivity (Wildman–Crippen MR) is 374 cm³/mol. The Kier molecular flexibility index (Phi) is 30.3. The molecule has 80 heavy (non-hydrogen) atoms. The summed E-state index contributed by atoms with van der Waals surface area (Å²) in [6, 6.07) is 0. The Morgan fingerprint density at radius 1 is 0.150 bits per heavy atom.